The van der Waals surface area contributed by atoms with Crippen LogP contribution < -0.4 is 9.47 Å². The average molecular weight is 310 g/mol. The lowest BCUT2D eigenvalue weighted by molar-refractivity contribution is 0.354. The maximum Gasteiger partial charge on any atom is 0.212 e. The summed E-state index contributed by atoms with van der Waals surface area (Å²) in [5.41, 5.74) is 3.77. The SMILES string of the molecule is COC1=NN=C(c2ccccc2)c2cc(OC)c(OC)cc2C1. The van der Waals surface area contributed by atoms with Gasteiger partial charge in [-0.05, 0) is 17.7 Å². The van der Waals surface area contributed by atoms with Crippen LogP contribution in [0.5, 0.6) is 11.5 Å². The predicted molar refractivity (Wildman–Crippen MR) is 89.8 cm³/mol. The van der Waals surface area contributed by atoms with Gasteiger partial charge in [-0.1, -0.05) is 30.3 Å². The molecule has 0 aliphatic carbocycles. The molecule has 23 heavy (non-hydrogen) atoms. The molecule has 1 aliphatic rings. The van der Waals surface area contributed by atoms with E-state index in [2.05, 4.69) is 10.2 Å². The van der Waals surface area contributed by atoms with Crippen LogP contribution in [0.4, 0.5) is 0 Å². The van der Waals surface area contributed by atoms with Crippen molar-refractivity contribution < 1.29 is 14.2 Å². The molecule has 0 bridgehead atoms. The summed E-state index contributed by atoms with van der Waals surface area (Å²) in [5, 5.41) is 8.63. The summed E-state index contributed by atoms with van der Waals surface area (Å²) in [5.74, 6) is 1.90. The lowest BCUT2D eigenvalue weighted by Gasteiger charge is -2.14. The molecule has 1 aliphatic heterocycles. The Morgan fingerprint density at radius 3 is 2.17 bits per heavy atom. The van der Waals surface area contributed by atoms with E-state index in [-0.39, 0.29) is 0 Å². The first-order chi connectivity index (χ1) is 11.3. The Morgan fingerprint density at radius 1 is 0.826 bits per heavy atom. The number of methoxy groups -OCH3 is 3. The van der Waals surface area contributed by atoms with E-state index in [1.807, 2.05) is 42.5 Å². The molecule has 0 fully saturated rings. The van der Waals surface area contributed by atoms with E-state index in [0.29, 0.717) is 23.8 Å². The Morgan fingerprint density at radius 2 is 1.52 bits per heavy atom. The minimum atomic E-state index is 0.548. The van der Waals surface area contributed by atoms with Crippen molar-refractivity contribution in [3.8, 4) is 11.5 Å². The van der Waals surface area contributed by atoms with Gasteiger partial charge in [-0.3, -0.25) is 0 Å². The molecule has 0 saturated heterocycles. The molecule has 0 unspecified atom stereocenters. The van der Waals surface area contributed by atoms with Gasteiger partial charge in [-0.25, -0.2) is 0 Å². The summed E-state index contributed by atoms with van der Waals surface area (Å²) in [6, 6.07) is 13.8. The maximum atomic E-state index is 5.43. The van der Waals surface area contributed by atoms with E-state index in [0.717, 1.165) is 22.4 Å². The fraction of sp³-hybridized carbons (Fsp3) is 0.222. The summed E-state index contributed by atoms with van der Waals surface area (Å²) in [7, 11) is 4.85. The van der Waals surface area contributed by atoms with Crippen molar-refractivity contribution in [2.75, 3.05) is 21.3 Å². The zero-order valence-electron chi connectivity index (χ0n) is 13.4. The molecule has 0 atom stereocenters. The fourth-order valence-electron chi connectivity index (χ4n) is 2.57. The van der Waals surface area contributed by atoms with Crippen LogP contribution in [0.3, 0.4) is 0 Å². The Hall–Kier alpha value is -2.82. The molecule has 0 aromatic heterocycles. The van der Waals surface area contributed by atoms with E-state index in [1.165, 1.54) is 0 Å². The normalized spacial score (nSPS) is 13.3. The van der Waals surface area contributed by atoms with Gasteiger partial charge in [0, 0.05) is 11.1 Å². The largest absolute Gasteiger partial charge is 0.493 e. The van der Waals surface area contributed by atoms with Gasteiger partial charge < -0.3 is 14.2 Å². The van der Waals surface area contributed by atoms with Crippen LogP contribution in [0.1, 0.15) is 16.7 Å². The van der Waals surface area contributed by atoms with Gasteiger partial charge in [-0.15, -0.1) is 10.2 Å². The maximum absolute atomic E-state index is 5.43. The second kappa shape index (κ2) is 6.52. The van der Waals surface area contributed by atoms with Gasteiger partial charge in [0.1, 0.15) is 5.71 Å². The number of rotatable bonds is 3. The Balaban J connectivity index is 2.21. The number of hydrogen-bond donors (Lipinski definition) is 0. The average Bonchev–Trinajstić information content (AvgIpc) is 2.79. The summed E-state index contributed by atoms with van der Waals surface area (Å²) in [6.45, 7) is 0. The number of fused-ring (bicyclic) bond motifs is 1. The predicted octanol–water partition coefficient (Wildman–Crippen LogP) is 3.06. The fourth-order valence-corrected chi connectivity index (χ4v) is 2.57. The van der Waals surface area contributed by atoms with Crippen LogP contribution in [-0.4, -0.2) is 32.9 Å². The summed E-state index contributed by atoms with van der Waals surface area (Å²) in [4.78, 5) is 0. The summed E-state index contributed by atoms with van der Waals surface area (Å²) in [6.07, 6.45) is 0.548. The van der Waals surface area contributed by atoms with Crippen LogP contribution >= 0.6 is 0 Å². The van der Waals surface area contributed by atoms with Gasteiger partial charge >= 0.3 is 0 Å². The van der Waals surface area contributed by atoms with E-state index in [4.69, 9.17) is 14.2 Å². The lowest BCUT2D eigenvalue weighted by atomic mass is 9.95. The molecule has 5 nitrogen and oxygen atoms in total. The first-order valence-corrected chi connectivity index (χ1v) is 7.26. The number of ether oxygens (including phenoxy) is 3. The third kappa shape index (κ3) is 2.90. The zero-order chi connectivity index (χ0) is 16.2. The highest BCUT2D eigenvalue weighted by Gasteiger charge is 2.20. The van der Waals surface area contributed by atoms with Gasteiger partial charge in [0.25, 0.3) is 0 Å². The number of hydrogen-bond acceptors (Lipinski definition) is 5. The van der Waals surface area contributed by atoms with Crippen LogP contribution in [-0.2, 0) is 11.2 Å². The van der Waals surface area contributed by atoms with Crippen LogP contribution in [0.25, 0.3) is 0 Å². The molecular weight excluding hydrogens is 292 g/mol. The molecule has 0 radical (unpaired) electrons. The standard InChI is InChI=1S/C18H18N2O3/c1-21-15-9-13-10-17(23-3)19-20-18(12-7-5-4-6-8-12)14(13)11-16(15)22-2/h4-9,11H,10H2,1-3H3. The molecule has 1 heterocycles. The first-order valence-electron chi connectivity index (χ1n) is 7.26. The van der Waals surface area contributed by atoms with Crippen molar-refractivity contribution in [3.63, 3.8) is 0 Å². The molecule has 2 aromatic carbocycles. The highest BCUT2D eigenvalue weighted by Crippen LogP contribution is 2.33. The summed E-state index contributed by atoms with van der Waals surface area (Å²) < 4.78 is 16.2. The van der Waals surface area contributed by atoms with Crippen molar-refractivity contribution in [2.45, 2.75) is 6.42 Å². The first kappa shape index (κ1) is 15.1. The van der Waals surface area contributed by atoms with Gasteiger partial charge in [0.05, 0.1) is 27.8 Å². The van der Waals surface area contributed by atoms with Gasteiger partial charge in [0.15, 0.2) is 11.5 Å². The van der Waals surface area contributed by atoms with Gasteiger partial charge in [0.2, 0.25) is 5.90 Å². The third-order valence-electron chi connectivity index (χ3n) is 3.75. The van der Waals surface area contributed by atoms with E-state index in [9.17, 15) is 0 Å². The van der Waals surface area contributed by atoms with Crippen molar-refractivity contribution >= 4 is 11.6 Å². The lowest BCUT2D eigenvalue weighted by Crippen LogP contribution is -2.09. The molecule has 118 valence electrons. The smallest absolute Gasteiger partial charge is 0.212 e. The van der Waals surface area contributed by atoms with Crippen molar-refractivity contribution in [3.05, 3.63) is 59.2 Å². The second-order valence-electron chi connectivity index (χ2n) is 5.05. The minimum absolute atomic E-state index is 0.548. The summed E-state index contributed by atoms with van der Waals surface area (Å²) >= 11 is 0. The van der Waals surface area contributed by atoms with Crippen LogP contribution in [0.2, 0.25) is 0 Å². The topological polar surface area (TPSA) is 52.4 Å². The quantitative estimate of drug-likeness (QED) is 0.875. The van der Waals surface area contributed by atoms with Crippen LogP contribution in [0.15, 0.2) is 52.7 Å². The van der Waals surface area contributed by atoms with Crippen LogP contribution in [0, 0.1) is 0 Å². The Bertz CT molecular complexity index is 767. The molecule has 5 heteroatoms. The van der Waals surface area contributed by atoms with Crippen molar-refractivity contribution in [2.24, 2.45) is 10.2 Å². The third-order valence-corrected chi connectivity index (χ3v) is 3.75. The second-order valence-corrected chi connectivity index (χ2v) is 5.05. The molecule has 2 aromatic rings. The Labute approximate surface area is 135 Å². The Kier molecular flexibility index (Phi) is 4.28. The number of benzene rings is 2. The van der Waals surface area contributed by atoms with E-state index >= 15 is 0 Å². The zero-order valence-corrected chi connectivity index (χ0v) is 13.4. The minimum Gasteiger partial charge on any atom is -0.493 e. The van der Waals surface area contributed by atoms with E-state index in [1.54, 1.807) is 21.3 Å². The number of nitrogens with zero attached hydrogens (tertiary/aromatic N) is 2. The van der Waals surface area contributed by atoms with E-state index < -0.39 is 0 Å². The monoisotopic (exact) mass is 310 g/mol. The molecular formula is C18H18N2O3. The molecule has 0 spiro atoms. The molecule has 0 amide bonds. The van der Waals surface area contributed by atoms with Crippen molar-refractivity contribution in [1.82, 2.24) is 0 Å². The molecule has 3 rings (SSSR count). The van der Waals surface area contributed by atoms with Gasteiger partial charge in [-0.2, -0.15) is 0 Å². The van der Waals surface area contributed by atoms with Crippen molar-refractivity contribution in [1.29, 1.82) is 0 Å². The highest BCUT2D eigenvalue weighted by atomic mass is 16.5. The highest BCUT2D eigenvalue weighted by molar-refractivity contribution is 6.15. The molecule has 0 N–H and O–H groups in total. The molecule has 0 saturated carbocycles.